The first-order valence-corrected chi connectivity index (χ1v) is 8.67. The number of hydrogen-bond acceptors (Lipinski definition) is 3. The highest BCUT2D eigenvalue weighted by Gasteiger charge is 2.27. The SMILES string of the molecule is CCCC(NCC)C(CC)S(=O)c1ccccc1OC. The van der Waals surface area contributed by atoms with Crippen molar-refractivity contribution in [1.29, 1.82) is 0 Å². The molecule has 0 heterocycles. The second-order valence-corrected chi connectivity index (χ2v) is 6.49. The van der Waals surface area contributed by atoms with E-state index in [1.165, 1.54) is 0 Å². The zero-order valence-electron chi connectivity index (χ0n) is 13.0. The van der Waals surface area contributed by atoms with E-state index < -0.39 is 10.8 Å². The normalized spacial score (nSPS) is 15.6. The fourth-order valence-corrected chi connectivity index (χ4v) is 4.25. The van der Waals surface area contributed by atoms with E-state index in [-0.39, 0.29) is 5.25 Å². The van der Waals surface area contributed by atoms with Crippen molar-refractivity contribution < 1.29 is 8.95 Å². The average molecular weight is 297 g/mol. The third kappa shape index (κ3) is 4.32. The third-order valence-electron chi connectivity index (χ3n) is 3.48. The highest BCUT2D eigenvalue weighted by Crippen LogP contribution is 2.26. The topological polar surface area (TPSA) is 38.3 Å². The molecule has 0 fully saturated rings. The van der Waals surface area contributed by atoms with Gasteiger partial charge in [0, 0.05) is 6.04 Å². The first-order chi connectivity index (χ1) is 9.69. The van der Waals surface area contributed by atoms with Crippen molar-refractivity contribution in [3.63, 3.8) is 0 Å². The molecule has 0 aliphatic heterocycles. The minimum Gasteiger partial charge on any atom is -0.495 e. The van der Waals surface area contributed by atoms with E-state index in [4.69, 9.17) is 4.74 Å². The molecule has 20 heavy (non-hydrogen) atoms. The van der Waals surface area contributed by atoms with Crippen molar-refractivity contribution in [2.45, 2.75) is 56.2 Å². The molecule has 0 aromatic heterocycles. The van der Waals surface area contributed by atoms with Gasteiger partial charge in [0.25, 0.3) is 0 Å². The van der Waals surface area contributed by atoms with Crippen molar-refractivity contribution in [3.05, 3.63) is 24.3 Å². The van der Waals surface area contributed by atoms with Crippen LogP contribution in [0.25, 0.3) is 0 Å². The summed E-state index contributed by atoms with van der Waals surface area (Å²) in [5.41, 5.74) is 0. The molecule has 0 saturated heterocycles. The van der Waals surface area contributed by atoms with E-state index >= 15 is 0 Å². The van der Waals surface area contributed by atoms with Crippen LogP contribution in [0.1, 0.15) is 40.0 Å². The van der Waals surface area contributed by atoms with Crippen LogP contribution in [0.2, 0.25) is 0 Å². The summed E-state index contributed by atoms with van der Waals surface area (Å²) in [6, 6.07) is 7.91. The molecule has 1 rings (SSSR count). The molecule has 3 nitrogen and oxygen atoms in total. The molecular formula is C16H27NO2S. The van der Waals surface area contributed by atoms with Crippen LogP contribution in [0.15, 0.2) is 29.2 Å². The minimum atomic E-state index is -1.05. The maximum atomic E-state index is 12.9. The number of rotatable bonds is 9. The lowest BCUT2D eigenvalue weighted by molar-refractivity contribution is 0.403. The summed E-state index contributed by atoms with van der Waals surface area (Å²) in [6.45, 7) is 7.28. The fraction of sp³-hybridized carbons (Fsp3) is 0.625. The van der Waals surface area contributed by atoms with Gasteiger partial charge in [0.2, 0.25) is 0 Å². The molecule has 4 heteroatoms. The van der Waals surface area contributed by atoms with Gasteiger partial charge in [-0.15, -0.1) is 0 Å². The quantitative estimate of drug-likeness (QED) is 0.759. The molecule has 1 aromatic carbocycles. The zero-order valence-corrected chi connectivity index (χ0v) is 13.8. The second-order valence-electron chi connectivity index (χ2n) is 4.85. The number of nitrogens with one attached hydrogen (secondary N) is 1. The van der Waals surface area contributed by atoms with Crippen molar-refractivity contribution in [2.75, 3.05) is 13.7 Å². The molecule has 0 amide bonds. The molecule has 3 atom stereocenters. The lowest BCUT2D eigenvalue weighted by atomic mass is 10.1. The van der Waals surface area contributed by atoms with E-state index in [0.717, 1.165) is 36.5 Å². The van der Waals surface area contributed by atoms with Crippen LogP contribution in [0.5, 0.6) is 5.75 Å². The molecule has 114 valence electrons. The Labute approximate surface area is 125 Å². The number of methoxy groups -OCH3 is 1. The maximum absolute atomic E-state index is 12.9. The largest absolute Gasteiger partial charge is 0.495 e. The lowest BCUT2D eigenvalue weighted by Crippen LogP contribution is -2.41. The molecule has 0 saturated carbocycles. The molecule has 1 aromatic rings. The van der Waals surface area contributed by atoms with Gasteiger partial charge in [0.15, 0.2) is 0 Å². The van der Waals surface area contributed by atoms with Crippen molar-refractivity contribution in [1.82, 2.24) is 5.32 Å². The van der Waals surface area contributed by atoms with E-state index in [0.29, 0.717) is 6.04 Å². The third-order valence-corrected chi connectivity index (χ3v) is 5.46. The summed E-state index contributed by atoms with van der Waals surface area (Å²) in [4.78, 5) is 0.806. The fourth-order valence-electron chi connectivity index (χ4n) is 2.53. The molecule has 3 unspecified atom stereocenters. The summed E-state index contributed by atoms with van der Waals surface area (Å²) in [7, 11) is 0.577. The van der Waals surface area contributed by atoms with Crippen LogP contribution in [0.3, 0.4) is 0 Å². The number of hydrogen-bond donors (Lipinski definition) is 1. The van der Waals surface area contributed by atoms with E-state index in [2.05, 4.69) is 26.1 Å². The van der Waals surface area contributed by atoms with Gasteiger partial charge in [-0.2, -0.15) is 0 Å². The average Bonchev–Trinajstić information content (AvgIpc) is 2.48. The Morgan fingerprint density at radius 3 is 2.50 bits per heavy atom. The van der Waals surface area contributed by atoms with E-state index in [1.807, 2.05) is 24.3 Å². The summed E-state index contributed by atoms with van der Waals surface area (Å²) in [5.74, 6) is 0.719. The summed E-state index contributed by atoms with van der Waals surface area (Å²) < 4.78 is 18.3. The van der Waals surface area contributed by atoms with E-state index in [1.54, 1.807) is 7.11 Å². The Morgan fingerprint density at radius 2 is 1.95 bits per heavy atom. The van der Waals surface area contributed by atoms with Crippen LogP contribution >= 0.6 is 0 Å². The summed E-state index contributed by atoms with van der Waals surface area (Å²) in [5, 5.41) is 3.61. The van der Waals surface area contributed by atoms with Gasteiger partial charge in [0.05, 0.1) is 28.1 Å². The van der Waals surface area contributed by atoms with Crippen LogP contribution in [0, 0.1) is 0 Å². The molecular weight excluding hydrogens is 270 g/mol. The Hall–Kier alpha value is -0.870. The van der Waals surface area contributed by atoms with Crippen molar-refractivity contribution in [3.8, 4) is 5.75 Å². The molecule has 0 aliphatic rings. The summed E-state index contributed by atoms with van der Waals surface area (Å²) >= 11 is 0. The number of para-hydroxylation sites is 1. The van der Waals surface area contributed by atoms with Gasteiger partial charge < -0.3 is 10.1 Å². The van der Waals surface area contributed by atoms with Crippen molar-refractivity contribution in [2.24, 2.45) is 0 Å². The van der Waals surface area contributed by atoms with Gasteiger partial charge in [-0.05, 0) is 31.5 Å². The van der Waals surface area contributed by atoms with E-state index in [9.17, 15) is 4.21 Å². The Bertz CT molecular complexity index is 417. The molecule has 0 radical (unpaired) electrons. The Kier molecular flexibility index (Phi) is 7.85. The first-order valence-electron chi connectivity index (χ1n) is 7.46. The van der Waals surface area contributed by atoms with Crippen LogP contribution in [0.4, 0.5) is 0 Å². The predicted octanol–water partition coefficient (Wildman–Crippen LogP) is 3.36. The zero-order chi connectivity index (χ0) is 15.0. The van der Waals surface area contributed by atoms with Crippen LogP contribution in [-0.4, -0.2) is 29.2 Å². The van der Waals surface area contributed by atoms with Gasteiger partial charge in [0.1, 0.15) is 5.75 Å². The van der Waals surface area contributed by atoms with Gasteiger partial charge in [-0.1, -0.05) is 39.3 Å². The lowest BCUT2D eigenvalue weighted by Gasteiger charge is -2.26. The standard InChI is InChI=1S/C16H27NO2S/c1-5-10-13(17-7-3)15(6-2)20(18)16-12-9-8-11-14(16)19-4/h8-9,11-13,15,17H,5-7,10H2,1-4H3. The number of benzene rings is 1. The molecule has 1 N–H and O–H groups in total. The van der Waals surface area contributed by atoms with Crippen molar-refractivity contribution >= 4 is 10.8 Å². The highest BCUT2D eigenvalue weighted by molar-refractivity contribution is 7.85. The predicted molar refractivity (Wildman–Crippen MR) is 85.9 cm³/mol. The minimum absolute atomic E-state index is 0.117. The highest BCUT2D eigenvalue weighted by atomic mass is 32.2. The molecule has 0 spiro atoms. The Morgan fingerprint density at radius 1 is 1.25 bits per heavy atom. The smallest absolute Gasteiger partial charge is 0.134 e. The molecule has 0 bridgehead atoms. The monoisotopic (exact) mass is 297 g/mol. The Balaban J connectivity index is 3.00. The molecule has 0 aliphatic carbocycles. The maximum Gasteiger partial charge on any atom is 0.134 e. The van der Waals surface area contributed by atoms with Crippen LogP contribution < -0.4 is 10.1 Å². The second kappa shape index (κ2) is 9.14. The summed E-state index contributed by atoms with van der Waals surface area (Å²) in [6.07, 6.45) is 3.03. The van der Waals surface area contributed by atoms with Gasteiger partial charge in [-0.25, -0.2) is 0 Å². The van der Waals surface area contributed by atoms with Gasteiger partial charge in [-0.3, -0.25) is 4.21 Å². The number of ether oxygens (including phenoxy) is 1. The van der Waals surface area contributed by atoms with Crippen LogP contribution in [-0.2, 0) is 10.8 Å². The van der Waals surface area contributed by atoms with Gasteiger partial charge >= 0.3 is 0 Å². The first kappa shape index (κ1) is 17.2.